The number of fused-ring (bicyclic) bond motifs is 1. The molecule has 0 unspecified atom stereocenters. The molecule has 2 aliphatic rings. The Morgan fingerprint density at radius 1 is 1.16 bits per heavy atom. The van der Waals surface area contributed by atoms with Gasteiger partial charge in [0.05, 0.1) is 0 Å². The molecule has 8 heteroatoms. The zero-order chi connectivity index (χ0) is 21.3. The van der Waals surface area contributed by atoms with E-state index in [0.717, 1.165) is 49.2 Å². The van der Waals surface area contributed by atoms with Crippen molar-refractivity contribution < 1.29 is 9.47 Å². The van der Waals surface area contributed by atoms with Crippen LogP contribution in [-0.2, 0) is 19.4 Å². The Balaban J connectivity index is 1.34. The summed E-state index contributed by atoms with van der Waals surface area (Å²) in [6, 6.07) is 6.68. The van der Waals surface area contributed by atoms with Crippen LogP contribution in [0.25, 0.3) is 0 Å². The van der Waals surface area contributed by atoms with Crippen molar-refractivity contribution >= 4 is 5.96 Å². The van der Waals surface area contributed by atoms with Gasteiger partial charge in [0.1, 0.15) is 25.4 Å². The number of ether oxygens (including phenoxy) is 2. The molecular weight excluding hydrogens is 392 g/mol. The van der Waals surface area contributed by atoms with Gasteiger partial charge in [0.15, 0.2) is 17.5 Å². The van der Waals surface area contributed by atoms with Crippen molar-refractivity contribution in [3.8, 4) is 11.5 Å². The summed E-state index contributed by atoms with van der Waals surface area (Å²) in [5.41, 5.74) is 1.21. The maximum atomic E-state index is 5.70. The van der Waals surface area contributed by atoms with Gasteiger partial charge in [-0.3, -0.25) is 4.99 Å². The molecule has 1 aliphatic heterocycles. The first-order valence-corrected chi connectivity index (χ1v) is 11.6. The molecule has 1 aliphatic carbocycles. The van der Waals surface area contributed by atoms with Crippen molar-refractivity contribution in [2.75, 3.05) is 26.3 Å². The third-order valence-corrected chi connectivity index (χ3v) is 5.88. The molecular formula is C23H34N6O2. The Kier molecular flexibility index (Phi) is 7.63. The van der Waals surface area contributed by atoms with Crippen LogP contribution in [0.1, 0.15) is 50.4 Å². The topological polar surface area (TPSA) is 85.6 Å². The molecule has 2 aromatic rings. The summed E-state index contributed by atoms with van der Waals surface area (Å²) in [6.07, 6.45) is 9.91. The van der Waals surface area contributed by atoms with Crippen molar-refractivity contribution in [3.05, 3.63) is 35.9 Å². The van der Waals surface area contributed by atoms with Crippen LogP contribution in [0.15, 0.2) is 29.5 Å². The highest BCUT2D eigenvalue weighted by atomic mass is 16.6. The maximum absolute atomic E-state index is 5.70. The molecule has 2 heterocycles. The zero-order valence-corrected chi connectivity index (χ0v) is 18.5. The number of hydrogen-bond donors (Lipinski definition) is 2. The third kappa shape index (κ3) is 6.12. The lowest BCUT2D eigenvalue weighted by atomic mass is 9.96. The van der Waals surface area contributed by atoms with Crippen molar-refractivity contribution in [1.29, 1.82) is 0 Å². The van der Waals surface area contributed by atoms with Crippen LogP contribution in [0.3, 0.4) is 0 Å². The van der Waals surface area contributed by atoms with Gasteiger partial charge in [0.25, 0.3) is 0 Å². The Labute approximate surface area is 184 Å². The van der Waals surface area contributed by atoms with E-state index in [1.165, 1.54) is 37.7 Å². The molecule has 31 heavy (non-hydrogen) atoms. The molecule has 168 valence electrons. The molecule has 2 N–H and O–H groups in total. The second-order valence-corrected chi connectivity index (χ2v) is 8.16. The predicted octanol–water partition coefficient (Wildman–Crippen LogP) is 2.72. The molecule has 0 spiro atoms. The lowest BCUT2D eigenvalue weighted by molar-refractivity contribution is 0.171. The average Bonchev–Trinajstić information content (AvgIpc) is 3.27. The lowest BCUT2D eigenvalue weighted by Gasteiger charge is -2.25. The van der Waals surface area contributed by atoms with Gasteiger partial charge in [0, 0.05) is 32.1 Å². The normalized spacial score (nSPS) is 16.9. The minimum atomic E-state index is 0.510. The third-order valence-electron chi connectivity index (χ3n) is 5.88. The van der Waals surface area contributed by atoms with E-state index in [-0.39, 0.29) is 0 Å². The largest absolute Gasteiger partial charge is 0.486 e. The van der Waals surface area contributed by atoms with Gasteiger partial charge in [-0.15, -0.1) is 10.2 Å². The van der Waals surface area contributed by atoms with Crippen LogP contribution in [0, 0.1) is 0 Å². The van der Waals surface area contributed by atoms with E-state index < -0.39 is 0 Å². The summed E-state index contributed by atoms with van der Waals surface area (Å²) in [5, 5.41) is 15.3. The summed E-state index contributed by atoms with van der Waals surface area (Å²) in [4.78, 5) is 4.87. The standard InChI is InChI=1S/C23H34N6O2/c1-2-22-28-26-17-29(22)13-12-25-23(27-19-6-4-3-5-7-19)24-11-10-18-8-9-20-21(16-18)31-15-14-30-20/h8-9,16-17,19H,2-7,10-15H2,1H3,(H2,24,25,27). The fraction of sp³-hybridized carbons (Fsp3) is 0.609. The molecule has 4 rings (SSSR count). The van der Waals surface area contributed by atoms with E-state index in [4.69, 9.17) is 14.5 Å². The van der Waals surface area contributed by atoms with E-state index in [9.17, 15) is 0 Å². The van der Waals surface area contributed by atoms with Gasteiger partial charge in [0.2, 0.25) is 0 Å². The van der Waals surface area contributed by atoms with Crippen LogP contribution in [0.4, 0.5) is 0 Å². The molecule has 8 nitrogen and oxygen atoms in total. The molecule has 1 fully saturated rings. The van der Waals surface area contributed by atoms with E-state index in [2.05, 4.69) is 44.5 Å². The molecule has 0 amide bonds. The van der Waals surface area contributed by atoms with Crippen molar-refractivity contribution in [1.82, 2.24) is 25.4 Å². The Hall–Kier alpha value is -2.77. The fourth-order valence-electron chi connectivity index (χ4n) is 4.17. The summed E-state index contributed by atoms with van der Waals surface area (Å²) < 4.78 is 13.4. The number of rotatable bonds is 8. The van der Waals surface area contributed by atoms with E-state index in [1.54, 1.807) is 6.33 Å². The van der Waals surface area contributed by atoms with Gasteiger partial charge in [-0.2, -0.15) is 0 Å². The van der Waals surface area contributed by atoms with Gasteiger partial charge < -0.3 is 24.7 Å². The second-order valence-electron chi connectivity index (χ2n) is 8.16. The molecule has 0 bridgehead atoms. The number of hydrogen-bond acceptors (Lipinski definition) is 5. The number of aromatic nitrogens is 3. The predicted molar refractivity (Wildman–Crippen MR) is 121 cm³/mol. The number of guanidine groups is 1. The Morgan fingerprint density at radius 2 is 2.00 bits per heavy atom. The first kappa shape index (κ1) is 21.5. The number of aliphatic imine (C=N–C) groups is 1. The lowest BCUT2D eigenvalue weighted by Crippen LogP contribution is -2.45. The second kappa shape index (κ2) is 11.0. The van der Waals surface area contributed by atoms with Gasteiger partial charge in [-0.05, 0) is 37.0 Å². The van der Waals surface area contributed by atoms with E-state index in [1.807, 2.05) is 6.07 Å². The number of nitrogens with one attached hydrogen (secondary N) is 2. The van der Waals surface area contributed by atoms with Crippen molar-refractivity contribution in [2.45, 2.75) is 64.5 Å². The summed E-state index contributed by atoms with van der Waals surface area (Å²) in [6.45, 7) is 5.66. The van der Waals surface area contributed by atoms with E-state index >= 15 is 0 Å². The van der Waals surface area contributed by atoms with Crippen LogP contribution in [-0.4, -0.2) is 53.1 Å². The van der Waals surface area contributed by atoms with Gasteiger partial charge in [-0.25, -0.2) is 0 Å². The first-order chi connectivity index (χ1) is 15.3. The number of nitrogens with zero attached hydrogens (tertiary/aromatic N) is 4. The molecule has 0 radical (unpaired) electrons. The summed E-state index contributed by atoms with van der Waals surface area (Å²) >= 11 is 0. The Bertz CT molecular complexity index is 860. The number of aryl methyl sites for hydroxylation is 1. The zero-order valence-electron chi connectivity index (χ0n) is 18.5. The molecule has 1 aromatic heterocycles. The SMILES string of the molecule is CCc1nncn1CCNC(=NCCc1ccc2c(c1)OCCO2)NC1CCCCC1. The highest BCUT2D eigenvalue weighted by Gasteiger charge is 2.15. The van der Waals surface area contributed by atoms with Crippen LogP contribution in [0.5, 0.6) is 11.5 Å². The van der Waals surface area contributed by atoms with E-state index in [0.29, 0.717) is 25.8 Å². The van der Waals surface area contributed by atoms with Crippen LogP contribution >= 0.6 is 0 Å². The number of benzene rings is 1. The molecule has 1 saturated carbocycles. The quantitative estimate of drug-likeness (QED) is 0.499. The van der Waals surface area contributed by atoms with Crippen LogP contribution < -0.4 is 20.1 Å². The van der Waals surface area contributed by atoms with Gasteiger partial charge in [-0.1, -0.05) is 32.3 Å². The molecule has 0 saturated heterocycles. The van der Waals surface area contributed by atoms with Crippen molar-refractivity contribution in [3.63, 3.8) is 0 Å². The molecule has 0 atom stereocenters. The summed E-state index contributed by atoms with van der Waals surface area (Å²) in [5.74, 6) is 3.59. The minimum absolute atomic E-state index is 0.510. The highest BCUT2D eigenvalue weighted by molar-refractivity contribution is 5.80. The van der Waals surface area contributed by atoms with Crippen LogP contribution in [0.2, 0.25) is 0 Å². The first-order valence-electron chi connectivity index (χ1n) is 11.6. The monoisotopic (exact) mass is 426 g/mol. The van der Waals surface area contributed by atoms with Crippen molar-refractivity contribution in [2.24, 2.45) is 4.99 Å². The summed E-state index contributed by atoms with van der Waals surface area (Å²) in [7, 11) is 0. The fourth-order valence-corrected chi connectivity index (χ4v) is 4.17. The smallest absolute Gasteiger partial charge is 0.191 e. The average molecular weight is 427 g/mol. The Morgan fingerprint density at radius 3 is 2.84 bits per heavy atom. The molecule has 1 aromatic carbocycles. The minimum Gasteiger partial charge on any atom is -0.486 e. The highest BCUT2D eigenvalue weighted by Crippen LogP contribution is 2.30. The maximum Gasteiger partial charge on any atom is 0.191 e. The van der Waals surface area contributed by atoms with Gasteiger partial charge >= 0.3 is 0 Å².